The largest absolute Gasteiger partial charge is 0.494 e. The van der Waals surface area contributed by atoms with Crippen molar-refractivity contribution in [3.8, 4) is 17.3 Å². The zero-order valence-corrected chi connectivity index (χ0v) is 10.3. The SMILES string of the molecule is COc1cccc2[nH]c(-c3cccc(C)n3)nc12. The highest BCUT2D eigenvalue weighted by Gasteiger charge is 2.09. The van der Waals surface area contributed by atoms with Gasteiger partial charge in [-0.15, -0.1) is 0 Å². The van der Waals surface area contributed by atoms with E-state index in [1.807, 2.05) is 43.3 Å². The number of para-hydroxylation sites is 1. The lowest BCUT2D eigenvalue weighted by Crippen LogP contribution is -1.87. The Bertz CT molecular complexity index is 703. The van der Waals surface area contributed by atoms with Crippen molar-refractivity contribution in [3.63, 3.8) is 0 Å². The minimum absolute atomic E-state index is 0.762. The van der Waals surface area contributed by atoms with Gasteiger partial charge < -0.3 is 9.72 Å². The molecule has 0 saturated carbocycles. The summed E-state index contributed by atoms with van der Waals surface area (Å²) in [5, 5.41) is 0. The van der Waals surface area contributed by atoms with Gasteiger partial charge in [0.15, 0.2) is 5.82 Å². The molecule has 0 aliphatic heterocycles. The predicted molar refractivity (Wildman–Crippen MR) is 70.6 cm³/mol. The first-order chi connectivity index (χ1) is 8.78. The molecule has 0 atom stereocenters. The molecule has 0 saturated heterocycles. The topological polar surface area (TPSA) is 50.8 Å². The van der Waals surface area contributed by atoms with Gasteiger partial charge in [-0.3, -0.25) is 0 Å². The van der Waals surface area contributed by atoms with Crippen molar-refractivity contribution in [1.29, 1.82) is 0 Å². The van der Waals surface area contributed by atoms with E-state index in [0.29, 0.717) is 0 Å². The maximum Gasteiger partial charge on any atom is 0.157 e. The number of imidazole rings is 1. The zero-order valence-electron chi connectivity index (χ0n) is 10.3. The molecule has 0 spiro atoms. The molecule has 0 aliphatic rings. The molecule has 2 aromatic heterocycles. The number of aromatic amines is 1. The Labute approximate surface area is 105 Å². The summed E-state index contributed by atoms with van der Waals surface area (Å²) < 4.78 is 5.30. The van der Waals surface area contributed by atoms with Crippen LogP contribution in [-0.4, -0.2) is 22.1 Å². The highest BCUT2D eigenvalue weighted by atomic mass is 16.5. The highest BCUT2D eigenvalue weighted by molar-refractivity contribution is 5.84. The summed E-state index contributed by atoms with van der Waals surface area (Å²) in [4.78, 5) is 12.3. The van der Waals surface area contributed by atoms with Gasteiger partial charge in [-0.05, 0) is 31.2 Å². The van der Waals surface area contributed by atoms with Gasteiger partial charge in [0.25, 0.3) is 0 Å². The Kier molecular flexibility index (Phi) is 2.48. The predicted octanol–water partition coefficient (Wildman–Crippen LogP) is 2.94. The Balaban J connectivity index is 2.19. The van der Waals surface area contributed by atoms with Crippen LogP contribution in [-0.2, 0) is 0 Å². The molecule has 1 aromatic carbocycles. The van der Waals surface area contributed by atoms with Gasteiger partial charge in [0.1, 0.15) is 17.0 Å². The van der Waals surface area contributed by atoms with Crippen LogP contribution >= 0.6 is 0 Å². The first kappa shape index (κ1) is 10.8. The van der Waals surface area contributed by atoms with Crippen molar-refractivity contribution in [1.82, 2.24) is 15.0 Å². The van der Waals surface area contributed by atoms with Crippen molar-refractivity contribution in [3.05, 3.63) is 42.1 Å². The van der Waals surface area contributed by atoms with Gasteiger partial charge in [-0.25, -0.2) is 9.97 Å². The minimum atomic E-state index is 0.762. The summed E-state index contributed by atoms with van der Waals surface area (Å²) in [6, 6.07) is 11.7. The van der Waals surface area contributed by atoms with E-state index in [4.69, 9.17) is 4.74 Å². The van der Waals surface area contributed by atoms with Crippen molar-refractivity contribution in [2.24, 2.45) is 0 Å². The number of H-pyrrole nitrogens is 1. The van der Waals surface area contributed by atoms with Crippen LogP contribution in [0.3, 0.4) is 0 Å². The van der Waals surface area contributed by atoms with E-state index in [1.54, 1.807) is 7.11 Å². The highest BCUT2D eigenvalue weighted by Crippen LogP contribution is 2.26. The lowest BCUT2D eigenvalue weighted by molar-refractivity contribution is 0.419. The van der Waals surface area contributed by atoms with Gasteiger partial charge in [0.2, 0.25) is 0 Å². The molecule has 0 unspecified atom stereocenters. The molecular formula is C14H13N3O. The quantitative estimate of drug-likeness (QED) is 0.748. The van der Waals surface area contributed by atoms with E-state index in [2.05, 4.69) is 15.0 Å². The minimum Gasteiger partial charge on any atom is -0.494 e. The van der Waals surface area contributed by atoms with E-state index in [0.717, 1.165) is 34.0 Å². The van der Waals surface area contributed by atoms with Crippen LogP contribution in [0.25, 0.3) is 22.6 Å². The van der Waals surface area contributed by atoms with Crippen molar-refractivity contribution in [2.75, 3.05) is 7.11 Å². The Morgan fingerprint density at radius 3 is 2.67 bits per heavy atom. The Morgan fingerprint density at radius 1 is 1.06 bits per heavy atom. The second-order valence-electron chi connectivity index (χ2n) is 4.11. The maximum atomic E-state index is 5.30. The summed E-state index contributed by atoms with van der Waals surface area (Å²) in [5.74, 6) is 1.53. The van der Waals surface area contributed by atoms with Gasteiger partial charge in [0.05, 0.1) is 12.6 Å². The number of ether oxygens (including phenoxy) is 1. The van der Waals surface area contributed by atoms with Crippen LogP contribution < -0.4 is 4.74 Å². The first-order valence-corrected chi connectivity index (χ1v) is 5.74. The zero-order chi connectivity index (χ0) is 12.5. The average molecular weight is 239 g/mol. The number of pyridine rings is 1. The van der Waals surface area contributed by atoms with Crippen LogP contribution in [0.5, 0.6) is 5.75 Å². The van der Waals surface area contributed by atoms with E-state index >= 15 is 0 Å². The third-order valence-corrected chi connectivity index (χ3v) is 2.83. The number of benzene rings is 1. The number of hydrogen-bond donors (Lipinski definition) is 1. The molecule has 0 bridgehead atoms. The second kappa shape index (κ2) is 4.14. The lowest BCUT2D eigenvalue weighted by atomic mass is 10.3. The summed E-state index contributed by atoms with van der Waals surface area (Å²) >= 11 is 0. The van der Waals surface area contributed by atoms with Crippen LogP contribution in [0.15, 0.2) is 36.4 Å². The summed E-state index contributed by atoms with van der Waals surface area (Å²) in [7, 11) is 1.65. The summed E-state index contributed by atoms with van der Waals surface area (Å²) in [6.07, 6.45) is 0. The molecule has 1 N–H and O–H groups in total. The van der Waals surface area contributed by atoms with Crippen molar-refractivity contribution in [2.45, 2.75) is 6.92 Å². The standard InChI is InChI=1S/C14H13N3O/c1-9-5-3-7-11(15-9)14-16-10-6-4-8-12(18-2)13(10)17-14/h3-8H,1-2H3,(H,16,17). The number of nitrogens with one attached hydrogen (secondary N) is 1. The fourth-order valence-electron chi connectivity index (χ4n) is 1.97. The average Bonchev–Trinajstić information content (AvgIpc) is 2.82. The Morgan fingerprint density at radius 2 is 1.89 bits per heavy atom. The van der Waals surface area contributed by atoms with E-state index in [-0.39, 0.29) is 0 Å². The third-order valence-electron chi connectivity index (χ3n) is 2.83. The third kappa shape index (κ3) is 1.72. The van der Waals surface area contributed by atoms with Crippen molar-refractivity contribution >= 4 is 11.0 Å². The molecule has 0 amide bonds. The number of aryl methyl sites for hydroxylation is 1. The number of nitrogens with zero attached hydrogens (tertiary/aromatic N) is 2. The molecule has 0 aliphatic carbocycles. The molecule has 0 fully saturated rings. The van der Waals surface area contributed by atoms with Crippen LogP contribution in [0.1, 0.15) is 5.69 Å². The van der Waals surface area contributed by atoms with Gasteiger partial charge in [-0.1, -0.05) is 12.1 Å². The van der Waals surface area contributed by atoms with E-state index in [9.17, 15) is 0 Å². The number of hydrogen-bond acceptors (Lipinski definition) is 3. The molecule has 4 heteroatoms. The molecule has 4 nitrogen and oxygen atoms in total. The first-order valence-electron chi connectivity index (χ1n) is 5.74. The fourth-order valence-corrected chi connectivity index (χ4v) is 1.97. The molecule has 3 aromatic rings. The number of fused-ring (bicyclic) bond motifs is 1. The molecule has 2 heterocycles. The van der Waals surface area contributed by atoms with Crippen LogP contribution in [0, 0.1) is 6.92 Å². The molecule has 90 valence electrons. The second-order valence-corrected chi connectivity index (χ2v) is 4.11. The molecule has 3 rings (SSSR count). The monoisotopic (exact) mass is 239 g/mol. The van der Waals surface area contributed by atoms with Gasteiger partial charge in [-0.2, -0.15) is 0 Å². The van der Waals surface area contributed by atoms with E-state index in [1.165, 1.54) is 0 Å². The number of methoxy groups -OCH3 is 1. The van der Waals surface area contributed by atoms with Crippen LogP contribution in [0.2, 0.25) is 0 Å². The lowest BCUT2D eigenvalue weighted by Gasteiger charge is -1.98. The molecule has 18 heavy (non-hydrogen) atoms. The molecule has 0 radical (unpaired) electrons. The Hall–Kier alpha value is -2.36. The van der Waals surface area contributed by atoms with Crippen molar-refractivity contribution < 1.29 is 4.74 Å². The number of rotatable bonds is 2. The maximum absolute atomic E-state index is 5.30. The van der Waals surface area contributed by atoms with Gasteiger partial charge in [0, 0.05) is 5.69 Å². The molecular weight excluding hydrogens is 226 g/mol. The fraction of sp³-hybridized carbons (Fsp3) is 0.143. The summed E-state index contributed by atoms with van der Waals surface area (Å²) in [6.45, 7) is 1.97. The van der Waals surface area contributed by atoms with Gasteiger partial charge >= 0.3 is 0 Å². The van der Waals surface area contributed by atoms with E-state index < -0.39 is 0 Å². The number of aromatic nitrogens is 3. The smallest absolute Gasteiger partial charge is 0.157 e. The normalized spacial score (nSPS) is 10.8. The van der Waals surface area contributed by atoms with Crippen LogP contribution in [0.4, 0.5) is 0 Å². The summed E-state index contributed by atoms with van der Waals surface area (Å²) in [5.41, 5.74) is 3.60.